The number of fused-ring (bicyclic) bond motifs is 1. The number of rotatable bonds is 10. The summed E-state index contributed by atoms with van der Waals surface area (Å²) in [5.41, 5.74) is 2.44. The first-order valence-electron chi connectivity index (χ1n) is 12.4. The maximum Gasteiger partial charge on any atom is 0.297 e. The lowest BCUT2D eigenvalue weighted by atomic mass is 9.87. The molecule has 0 bridgehead atoms. The van der Waals surface area contributed by atoms with Crippen molar-refractivity contribution in [3.63, 3.8) is 0 Å². The Morgan fingerprint density at radius 2 is 1.85 bits per heavy atom. The minimum Gasteiger partial charge on any atom is -0.420 e. The Hall–Kier alpha value is -2.60. The van der Waals surface area contributed by atoms with Gasteiger partial charge in [0.1, 0.15) is 0 Å². The van der Waals surface area contributed by atoms with Crippen LogP contribution in [0.4, 0.5) is 6.01 Å². The molecule has 4 rings (SSSR count). The number of oxazole rings is 1. The Bertz CT molecular complexity index is 1040. The van der Waals surface area contributed by atoms with Gasteiger partial charge in [-0.15, -0.1) is 0 Å². The van der Waals surface area contributed by atoms with Gasteiger partial charge in [0.2, 0.25) is 0 Å². The van der Waals surface area contributed by atoms with E-state index >= 15 is 0 Å². The number of Topliss-reactive ketones (excluding diaryl/α,β-unsaturated/α-hetero) is 1. The second-order valence-electron chi connectivity index (χ2n) is 10.2. The summed E-state index contributed by atoms with van der Waals surface area (Å²) in [6.07, 6.45) is 7.24. The summed E-state index contributed by atoms with van der Waals surface area (Å²) < 4.78 is 5.95. The molecule has 1 fully saturated rings. The number of piperazine rings is 1. The predicted octanol–water partition coefficient (Wildman–Crippen LogP) is 5.55. The van der Waals surface area contributed by atoms with Gasteiger partial charge in [-0.1, -0.05) is 38.5 Å². The number of ketones is 1. The minimum atomic E-state index is 0.0585. The van der Waals surface area contributed by atoms with Gasteiger partial charge in [0.25, 0.3) is 6.01 Å². The third-order valence-electron chi connectivity index (χ3n) is 6.89. The van der Waals surface area contributed by atoms with Crippen LogP contribution in [0.2, 0.25) is 0 Å². The van der Waals surface area contributed by atoms with Crippen LogP contribution in [0.5, 0.6) is 0 Å². The van der Waals surface area contributed by atoms with E-state index in [1.807, 2.05) is 6.07 Å². The highest BCUT2D eigenvalue weighted by Gasteiger charge is 2.25. The smallest absolute Gasteiger partial charge is 0.297 e. The Balaban J connectivity index is 1.41. The number of nitrogens with one attached hydrogen (secondary N) is 1. The highest BCUT2D eigenvalue weighted by atomic mass is 16.4. The zero-order chi connectivity index (χ0) is 23.4. The van der Waals surface area contributed by atoms with Gasteiger partial charge in [-0.2, -0.15) is 0 Å². The fourth-order valence-electron chi connectivity index (χ4n) is 4.79. The van der Waals surface area contributed by atoms with Crippen molar-refractivity contribution in [2.45, 2.75) is 59.4 Å². The average molecular weight is 451 g/mol. The fourth-order valence-corrected chi connectivity index (χ4v) is 4.79. The monoisotopic (exact) mass is 450 g/mol. The number of hydrogen-bond donors (Lipinski definition) is 1. The van der Waals surface area contributed by atoms with E-state index in [-0.39, 0.29) is 11.7 Å². The standard InChI is InChI=1S/C27H38N4O2/c1-19(2)9-10-21(15-22-17-28-24-8-6-5-7-23(22)24)16-25(32)26-18-29-27(33-26)31-13-11-30(12-14-31)20(3)4/h5-8,17-21,28H,9-16H2,1-4H3. The molecule has 3 aromatic rings. The normalized spacial score (nSPS) is 16.2. The van der Waals surface area contributed by atoms with Gasteiger partial charge in [-0.25, -0.2) is 4.98 Å². The zero-order valence-electron chi connectivity index (χ0n) is 20.5. The summed E-state index contributed by atoms with van der Waals surface area (Å²) in [5, 5.41) is 1.25. The van der Waals surface area contributed by atoms with Crippen LogP contribution >= 0.6 is 0 Å². The van der Waals surface area contributed by atoms with Crippen LogP contribution in [-0.4, -0.2) is 52.9 Å². The Kier molecular flexibility index (Phi) is 7.53. The third-order valence-corrected chi connectivity index (χ3v) is 6.89. The molecule has 0 spiro atoms. The molecule has 0 radical (unpaired) electrons. The maximum absolute atomic E-state index is 13.2. The zero-order valence-corrected chi connectivity index (χ0v) is 20.5. The number of anilines is 1. The van der Waals surface area contributed by atoms with E-state index in [1.54, 1.807) is 6.20 Å². The number of aromatic nitrogens is 2. The van der Waals surface area contributed by atoms with Crippen molar-refractivity contribution in [2.24, 2.45) is 11.8 Å². The van der Waals surface area contributed by atoms with E-state index in [2.05, 4.69) is 71.9 Å². The van der Waals surface area contributed by atoms with Crippen LogP contribution in [-0.2, 0) is 6.42 Å². The molecule has 33 heavy (non-hydrogen) atoms. The van der Waals surface area contributed by atoms with Crippen LogP contribution in [0.15, 0.2) is 41.1 Å². The lowest BCUT2D eigenvalue weighted by molar-refractivity contribution is 0.0930. The number of para-hydroxylation sites is 1. The summed E-state index contributed by atoms with van der Waals surface area (Å²) >= 11 is 0. The summed E-state index contributed by atoms with van der Waals surface area (Å²) in [4.78, 5) is 25.6. The molecule has 178 valence electrons. The topological polar surface area (TPSA) is 65.4 Å². The molecule has 1 N–H and O–H groups in total. The molecule has 1 atom stereocenters. The van der Waals surface area contributed by atoms with Crippen molar-refractivity contribution < 1.29 is 9.21 Å². The maximum atomic E-state index is 13.2. The van der Waals surface area contributed by atoms with Crippen LogP contribution in [0.3, 0.4) is 0 Å². The van der Waals surface area contributed by atoms with Gasteiger partial charge in [-0.3, -0.25) is 9.69 Å². The first-order valence-corrected chi connectivity index (χ1v) is 12.4. The number of benzene rings is 1. The number of hydrogen-bond acceptors (Lipinski definition) is 5. The van der Waals surface area contributed by atoms with Gasteiger partial charge in [0.05, 0.1) is 6.20 Å². The molecule has 0 amide bonds. The lowest BCUT2D eigenvalue weighted by Gasteiger charge is -2.36. The van der Waals surface area contributed by atoms with Crippen molar-refractivity contribution in [2.75, 3.05) is 31.1 Å². The Morgan fingerprint density at radius 3 is 2.58 bits per heavy atom. The van der Waals surface area contributed by atoms with Crippen molar-refractivity contribution >= 4 is 22.7 Å². The van der Waals surface area contributed by atoms with E-state index in [1.165, 1.54) is 10.9 Å². The number of nitrogens with zero attached hydrogens (tertiary/aromatic N) is 3. The largest absolute Gasteiger partial charge is 0.420 e. The molecule has 6 nitrogen and oxygen atoms in total. The lowest BCUT2D eigenvalue weighted by Crippen LogP contribution is -2.49. The molecule has 1 aromatic carbocycles. The van der Waals surface area contributed by atoms with Crippen LogP contribution in [0.1, 0.15) is 63.1 Å². The highest BCUT2D eigenvalue weighted by Crippen LogP contribution is 2.27. The van der Waals surface area contributed by atoms with Crippen molar-refractivity contribution in [3.05, 3.63) is 48.0 Å². The molecule has 1 saturated heterocycles. The number of aromatic amines is 1. The van der Waals surface area contributed by atoms with Gasteiger partial charge in [0, 0.05) is 55.7 Å². The van der Waals surface area contributed by atoms with Crippen molar-refractivity contribution in [1.82, 2.24) is 14.9 Å². The first kappa shape index (κ1) is 23.6. The molecule has 1 aliphatic heterocycles. The molecular weight excluding hydrogens is 412 g/mol. The van der Waals surface area contributed by atoms with E-state index in [9.17, 15) is 4.79 Å². The SMILES string of the molecule is CC(C)CCC(CC(=O)c1cnc(N2CCN(C(C)C)CC2)o1)Cc1c[nH]c2ccccc12. The highest BCUT2D eigenvalue weighted by molar-refractivity contribution is 5.93. The van der Waals surface area contributed by atoms with Crippen LogP contribution in [0.25, 0.3) is 10.9 Å². The predicted molar refractivity (Wildman–Crippen MR) is 134 cm³/mol. The number of H-pyrrole nitrogens is 1. The third kappa shape index (κ3) is 5.85. The van der Waals surface area contributed by atoms with E-state index in [0.29, 0.717) is 30.2 Å². The molecule has 2 aromatic heterocycles. The van der Waals surface area contributed by atoms with Crippen LogP contribution in [0, 0.1) is 11.8 Å². The van der Waals surface area contributed by atoms with E-state index in [0.717, 1.165) is 51.0 Å². The van der Waals surface area contributed by atoms with Gasteiger partial charge >= 0.3 is 0 Å². The summed E-state index contributed by atoms with van der Waals surface area (Å²) in [6.45, 7) is 12.7. The van der Waals surface area contributed by atoms with Crippen LogP contribution < -0.4 is 4.90 Å². The van der Waals surface area contributed by atoms with E-state index in [4.69, 9.17) is 4.42 Å². The average Bonchev–Trinajstić information content (AvgIpc) is 3.45. The minimum absolute atomic E-state index is 0.0585. The summed E-state index contributed by atoms with van der Waals surface area (Å²) in [5.74, 6) is 1.35. The van der Waals surface area contributed by atoms with E-state index < -0.39 is 0 Å². The van der Waals surface area contributed by atoms with Crippen molar-refractivity contribution in [1.29, 1.82) is 0 Å². The van der Waals surface area contributed by atoms with Gasteiger partial charge in [0.15, 0.2) is 11.5 Å². The molecule has 1 unspecified atom stereocenters. The fraction of sp³-hybridized carbons (Fsp3) is 0.556. The van der Waals surface area contributed by atoms with Gasteiger partial charge in [-0.05, 0) is 50.2 Å². The summed E-state index contributed by atoms with van der Waals surface area (Å²) in [7, 11) is 0. The first-order chi connectivity index (χ1) is 15.9. The quantitative estimate of drug-likeness (QED) is 0.410. The van der Waals surface area contributed by atoms with Gasteiger partial charge < -0.3 is 14.3 Å². The molecule has 6 heteroatoms. The second kappa shape index (κ2) is 10.6. The molecule has 3 heterocycles. The molecule has 0 saturated carbocycles. The molecule has 0 aliphatic carbocycles. The summed E-state index contributed by atoms with van der Waals surface area (Å²) in [6, 6.07) is 9.51. The van der Waals surface area contributed by atoms with Crippen molar-refractivity contribution in [3.8, 4) is 0 Å². The number of carbonyl (C=O) groups excluding carboxylic acids is 1. The molecule has 1 aliphatic rings. The Morgan fingerprint density at radius 1 is 1.09 bits per heavy atom. The Labute approximate surface area is 197 Å². The number of carbonyl (C=O) groups is 1. The molecular formula is C27H38N4O2. The second-order valence-corrected chi connectivity index (χ2v) is 10.2.